The molecule has 2 unspecified atom stereocenters. The monoisotopic (exact) mass is 470 g/mol. The number of rotatable bonds is 7. The Bertz CT molecular complexity index is 715. The van der Waals surface area contributed by atoms with Crippen molar-refractivity contribution in [2.75, 3.05) is 6.54 Å². The number of carbonyl (C=O) groups excluding carboxylic acids is 1. The molecular formula is C19H27IN4O2. The smallest absolute Gasteiger partial charge is 0.284 e. The van der Waals surface area contributed by atoms with E-state index in [1.165, 1.54) is 5.56 Å². The molecule has 4 N–H and O–H groups in total. The maximum Gasteiger partial charge on any atom is 0.284 e. The molecule has 2 atom stereocenters. The van der Waals surface area contributed by atoms with Gasteiger partial charge in [0.05, 0.1) is 0 Å². The third-order valence-corrected chi connectivity index (χ3v) is 4.08. The van der Waals surface area contributed by atoms with Crippen molar-refractivity contribution in [3.63, 3.8) is 0 Å². The van der Waals surface area contributed by atoms with E-state index in [-0.39, 0.29) is 35.8 Å². The zero-order chi connectivity index (χ0) is 18.2. The number of amides is 1. The van der Waals surface area contributed by atoms with Crippen LogP contribution in [0.1, 0.15) is 48.6 Å². The standard InChI is InChI=1S/C19H26N4O2.HI/c1-4-21-19(22-12-16-10-11-17(25-16)18(20)24)23-14(3)13(2)15-8-6-5-7-9-15;/h5-11,13-14H,4,12H2,1-3H3,(H2,20,24)(H2,21,22,23);1H. The van der Waals surface area contributed by atoms with Gasteiger partial charge < -0.3 is 20.8 Å². The number of furan rings is 1. The number of hydrogen-bond acceptors (Lipinski definition) is 3. The van der Waals surface area contributed by atoms with Gasteiger partial charge in [-0.15, -0.1) is 24.0 Å². The summed E-state index contributed by atoms with van der Waals surface area (Å²) in [4.78, 5) is 15.6. The molecule has 0 aliphatic rings. The minimum Gasteiger partial charge on any atom is -0.454 e. The first kappa shape index (κ1) is 22.0. The van der Waals surface area contributed by atoms with Gasteiger partial charge in [0.1, 0.15) is 12.3 Å². The maximum absolute atomic E-state index is 11.1. The summed E-state index contributed by atoms with van der Waals surface area (Å²) in [6, 6.07) is 13.8. The summed E-state index contributed by atoms with van der Waals surface area (Å²) in [6.07, 6.45) is 0. The Kier molecular flexibility index (Phi) is 9.18. The molecule has 0 bridgehead atoms. The molecule has 1 heterocycles. The predicted molar refractivity (Wildman–Crippen MR) is 115 cm³/mol. The summed E-state index contributed by atoms with van der Waals surface area (Å²) < 4.78 is 5.36. The largest absolute Gasteiger partial charge is 0.454 e. The molecule has 2 rings (SSSR count). The molecule has 142 valence electrons. The van der Waals surface area contributed by atoms with Crippen LogP contribution in [0.15, 0.2) is 51.9 Å². The molecule has 0 fully saturated rings. The third-order valence-electron chi connectivity index (χ3n) is 4.08. The molecule has 26 heavy (non-hydrogen) atoms. The molecule has 1 amide bonds. The summed E-state index contributed by atoms with van der Waals surface area (Å²) in [5, 5.41) is 6.65. The lowest BCUT2D eigenvalue weighted by Crippen LogP contribution is -2.44. The molecule has 0 aliphatic carbocycles. The number of carbonyl (C=O) groups is 1. The van der Waals surface area contributed by atoms with Gasteiger partial charge in [0, 0.05) is 18.5 Å². The molecule has 6 nitrogen and oxygen atoms in total. The highest BCUT2D eigenvalue weighted by Gasteiger charge is 2.15. The number of aliphatic imine (C=N–C) groups is 1. The minimum atomic E-state index is -0.578. The van der Waals surface area contributed by atoms with Crippen molar-refractivity contribution >= 4 is 35.8 Å². The van der Waals surface area contributed by atoms with Crippen LogP contribution in [0.2, 0.25) is 0 Å². The molecule has 0 radical (unpaired) electrons. The van der Waals surface area contributed by atoms with E-state index in [0.29, 0.717) is 24.2 Å². The fourth-order valence-electron chi connectivity index (χ4n) is 2.46. The van der Waals surface area contributed by atoms with Crippen molar-refractivity contribution in [3.05, 3.63) is 59.5 Å². The minimum absolute atomic E-state index is 0. The first-order valence-electron chi connectivity index (χ1n) is 8.49. The zero-order valence-electron chi connectivity index (χ0n) is 15.4. The second-order valence-electron chi connectivity index (χ2n) is 5.96. The number of guanidine groups is 1. The summed E-state index contributed by atoms with van der Waals surface area (Å²) >= 11 is 0. The van der Waals surface area contributed by atoms with Crippen molar-refractivity contribution in [2.45, 2.75) is 39.3 Å². The lowest BCUT2D eigenvalue weighted by atomic mass is 9.94. The van der Waals surface area contributed by atoms with Crippen LogP contribution in [-0.4, -0.2) is 24.5 Å². The topological polar surface area (TPSA) is 92.6 Å². The molecule has 7 heteroatoms. The fraction of sp³-hybridized carbons (Fsp3) is 0.368. The van der Waals surface area contributed by atoms with Crippen LogP contribution in [0.5, 0.6) is 0 Å². The van der Waals surface area contributed by atoms with Crippen molar-refractivity contribution in [2.24, 2.45) is 10.7 Å². The Morgan fingerprint density at radius 1 is 1.19 bits per heavy atom. The first-order chi connectivity index (χ1) is 12.0. The summed E-state index contributed by atoms with van der Waals surface area (Å²) in [6.45, 7) is 7.41. The summed E-state index contributed by atoms with van der Waals surface area (Å²) in [7, 11) is 0. The molecule has 1 aromatic heterocycles. The number of halogens is 1. The molecular weight excluding hydrogens is 443 g/mol. The van der Waals surface area contributed by atoms with E-state index in [1.54, 1.807) is 12.1 Å². The van der Waals surface area contributed by atoms with E-state index >= 15 is 0 Å². The van der Waals surface area contributed by atoms with Crippen LogP contribution < -0.4 is 16.4 Å². The van der Waals surface area contributed by atoms with Crippen molar-refractivity contribution in [1.82, 2.24) is 10.6 Å². The van der Waals surface area contributed by atoms with E-state index in [0.717, 1.165) is 6.54 Å². The first-order valence-corrected chi connectivity index (χ1v) is 8.49. The number of hydrogen-bond donors (Lipinski definition) is 3. The van der Waals surface area contributed by atoms with Gasteiger partial charge in [-0.05, 0) is 31.5 Å². The Hall–Kier alpha value is -2.03. The van der Waals surface area contributed by atoms with E-state index in [1.807, 2.05) is 25.1 Å². The van der Waals surface area contributed by atoms with Gasteiger partial charge in [-0.2, -0.15) is 0 Å². The Labute approximate surface area is 171 Å². The van der Waals surface area contributed by atoms with Crippen LogP contribution in [0.4, 0.5) is 0 Å². The van der Waals surface area contributed by atoms with Gasteiger partial charge in [0.2, 0.25) is 0 Å². The predicted octanol–water partition coefficient (Wildman–Crippen LogP) is 3.24. The number of benzene rings is 1. The van der Waals surface area contributed by atoms with E-state index in [9.17, 15) is 4.79 Å². The average molecular weight is 470 g/mol. The summed E-state index contributed by atoms with van der Waals surface area (Å²) in [5.74, 6) is 1.19. The molecule has 0 saturated carbocycles. The third kappa shape index (κ3) is 6.36. The summed E-state index contributed by atoms with van der Waals surface area (Å²) in [5.41, 5.74) is 6.47. The highest BCUT2D eigenvalue weighted by Crippen LogP contribution is 2.18. The second-order valence-corrected chi connectivity index (χ2v) is 5.96. The second kappa shape index (κ2) is 10.8. The van der Waals surface area contributed by atoms with Gasteiger partial charge in [0.15, 0.2) is 11.7 Å². The molecule has 1 aromatic carbocycles. The Morgan fingerprint density at radius 3 is 2.46 bits per heavy atom. The van der Waals surface area contributed by atoms with E-state index in [4.69, 9.17) is 10.2 Å². The quantitative estimate of drug-likeness (QED) is 0.329. The number of nitrogens with one attached hydrogen (secondary N) is 2. The number of primary amides is 1. The van der Waals surface area contributed by atoms with Crippen molar-refractivity contribution in [1.29, 1.82) is 0 Å². The molecule has 0 saturated heterocycles. The Morgan fingerprint density at radius 2 is 1.88 bits per heavy atom. The van der Waals surface area contributed by atoms with Crippen molar-refractivity contribution in [3.8, 4) is 0 Å². The molecule has 0 aliphatic heterocycles. The van der Waals surface area contributed by atoms with E-state index in [2.05, 4.69) is 41.6 Å². The maximum atomic E-state index is 11.1. The van der Waals surface area contributed by atoms with Gasteiger partial charge in [-0.25, -0.2) is 4.99 Å². The van der Waals surface area contributed by atoms with Gasteiger partial charge >= 0.3 is 0 Å². The van der Waals surface area contributed by atoms with Crippen LogP contribution in [-0.2, 0) is 6.54 Å². The highest BCUT2D eigenvalue weighted by atomic mass is 127. The average Bonchev–Trinajstić information content (AvgIpc) is 3.09. The Balaban J connectivity index is 0.00000338. The van der Waals surface area contributed by atoms with E-state index < -0.39 is 5.91 Å². The van der Waals surface area contributed by atoms with Crippen LogP contribution >= 0.6 is 24.0 Å². The number of nitrogens with two attached hydrogens (primary N) is 1. The van der Waals surface area contributed by atoms with Crippen LogP contribution in [0.3, 0.4) is 0 Å². The SMILES string of the molecule is CCNC(=NCc1ccc(C(N)=O)o1)NC(C)C(C)c1ccccc1.I. The normalized spacial score (nSPS) is 13.4. The highest BCUT2D eigenvalue weighted by molar-refractivity contribution is 14.0. The van der Waals surface area contributed by atoms with Crippen molar-refractivity contribution < 1.29 is 9.21 Å². The van der Waals surface area contributed by atoms with Gasteiger partial charge in [-0.1, -0.05) is 37.3 Å². The zero-order valence-corrected chi connectivity index (χ0v) is 17.7. The lowest BCUT2D eigenvalue weighted by molar-refractivity contribution is 0.0972. The fourth-order valence-corrected chi connectivity index (χ4v) is 2.46. The van der Waals surface area contributed by atoms with Crippen LogP contribution in [0.25, 0.3) is 0 Å². The van der Waals surface area contributed by atoms with Gasteiger partial charge in [0.25, 0.3) is 5.91 Å². The lowest BCUT2D eigenvalue weighted by Gasteiger charge is -2.24. The molecule has 0 spiro atoms. The molecule has 2 aromatic rings. The number of nitrogens with zero attached hydrogens (tertiary/aromatic N) is 1. The van der Waals surface area contributed by atoms with Crippen LogP contribution in [0, 0.1) is 0 Å². The van der Waals surface area contributed by atoms with Gasteiger partial charge in [-0.3, -0.25) is 4.79 Å².